The number of benzene rings is 1. The molecule has 0 fully saturated rings. The summed E-state index contributed by atoms with van der Waals surface area (Å²) < 4.78 is 1.96. The highest BCUT2D eigenvalue weighted by Crippen LogP contribution is 2.21. The molecule has 0 aliphatic heterocycles. The Bertz CT molecular complexity index is 441. The molecule has 2 aromatic rings. The van der Waals surface area contributed by atoms with E-state index in [1.54, 1.807) is 0 Å². The maximum atomic E-state index is 4.26. The van der Waals surface area contributed by atoms with Gasteiger partial charge in [-0.3, -0.25) is 4.68 Å². The van der Waals surface area contributed by atoms with Gasteiger partial charge in [0.05, 0.1) is 11.7 Å². The minimum Gasteiger partial charge on any atom is -0.268 e. The number of fused-ring (bicyclic) bond motifs is 1. The molecule has 15 heavy (non-hydrogen) atoms. The predicted molar refractivity (Wildman–Crippen MR) is 66.2 cm³/mol. The molecule has 0 unspecified atom stereocenters. The zero-order valence-corrected chi connectivity index (χ0v) is 10.3. The van der Waals surface area contributed by atoms with E-state index in [0.29, 0.717) is 0 Å². The van der Waals surface area contributed by atoms with E-state index in [-0.39, 0.29) is 0 Å². The Labute approximate surface area is 91.9 Å². The van der Waals surface area contributed by atoms with Crippen LogP contribution in [-0.4, -0.2) is 9.78 Å². The number of hydrogen-bond acceptors (Lipinski definition) is 1. The maximum Gasteiger partial charge on any atom is 0.0713 e. The number of hydrogen-bond donors (Lipinski definition) is 0. The Morgan fingerprint density at radius 2 is 1.93 bits per heavy atom. The van der Waals surface area contributed by atoms with Crippen molar-refractivity contribution < 1.29 is 0 Å². The van der Waals surface area contributed by atoms with Crippen LogP contribution in [0.3, 0.4) is 0 Å². The molecule has 0 saturated heterocycles. The quantitative estimate of drug-likeness (QED) is 0.695. The van der Waals surface area contributed by atoms with Crippen LogP contribution in [0.4, 0.5) is 0 Å². The zero-order chi connectivity index (χ0) is 11.4. The van der Waals surface area contributed by atoms with E-state index in [4.69, 9.17) is 0 Å². The largest absolute Gasteiger partial charge is 0.268 e. The van der Waals surface area contributed by atoms with E-state index in [0.717, 1.165) is 6.42 Å². The van der Waals surface area contributed by atoms with Gasteiger partial charge >= 0.3 is 0 Å². The van der Waals surface area contributed by atoms with Gasteiger partial charge in [0.1, 0.15) is 0 Å². The van der Waals surface area contributed by atoms with Gasteiger partial charge in [0.15, 0.2) is 0 Å². The monoisotopic (exact) mass is 204 g/mol. The van der Waals surface area contributed by atoms with Crippen molar-refractivity contribution in [1.82, 2.24) is 9.78 Å². The lowest BCUT2D eigenvalue weighted by Gasteiger charge is -2.05. The van der Waals surface area contributed by atoms with E-state index in [1.807, 2.05) is 31.8 Å². The summed E-state index contributed by atoms with van der Waals surface area (Å²) in [6, 6.07) is 4.31. The van der Waals surface area contributed by atoms with Gasteiger partial charge in [-0.2, -0.15) is 5.10 Å². The van der Waals surface area contributed by atoms with E-state index < -0.39 is 0 Å². The van der Waals surface area contributed by atoms with E-state index in [1.165, 1.54) is 22.0 Å². The highest BCUT2D eigenvalue weighted by molar-refractivity contribution is 5.83. The van der Waals surface area contributed by atoms with Gasteiger partial charge in [-0.15, -0.1) is 0 Å². The molecule has 0 saturated carbocycles. The van der Waals surface area contributed by atoms with Crippen LogP contribution in [-0.2, 0) is 13.5 Å². The van der Waals surface area contributed by atoms with Crippen molar-refractivity contribution in [3.8, 4) is 0 Å². The average molecular weight is 204 g/mol. The van der Waals surface area contributed by atoms with Gasteiger partial charge in [0.25, 0.3) is 0 Å². The first-order valence-electron chi connectivity index (χ1n) is 5.64. The Hall–Kier alpha value is -1.31. The highest BCUT2D eigenvalue weighted by Gasteiger charge is 2.06. The van der Waals surface area contributed by atoms with Crippen LogP contribution in [0.1, 0.15) is 31.9 Å². The molecule has 0 radical (unpaired) electrons. The smallest absolute Gasteiger partial charge is 0.0713 e. The van der Waals surface area contributed by atoms with Gasteiger partial charge in [0.2, 0.25) is 0 Å². The summed E-state index contributed by atoms with van der Waals surface area (Å²) in [7, 11) is 2.00. The molecule has 2 rings (SSSR count). The van der Waals surface area contributed by atoms with E-state index in [2.05, 4.69) is 31.1 Å². The van der Waals surface area contributed by atoms with Crippen LogP contribution in [0.25, 0.3) is 10.9 Å². The molecule has 82 valence electrons. The zero-order valence-electron chi connectivity index (χ0n) is 10.3. The summed E-state index contributed by atoms with van der Waals surface area (Å²) in [5.41, 5.74) is 4.05. The molecule has 0 aliphatic rings. The van der Waals surface area contributed by atoms with E-state index in [9.17, 15) is 0 Å². The first-order chi connectivity index (χ1) is 7.24. The fourth-order valence-electron chi connectivity index (χ4n) is 1.89. The van der Waals surface area contributed by atoms with Crippen molar-refractivity contribution in [1.29, 1.82) is 0 Å². The van der Waals surface area contributed by atoms with Gasteiger partial charge < -0.3 is 0 Å². The summed E-state index contributed by atoms with van der Waals surface area (Å²) >= 11 is 0. The molecule has 0 bridgehead atoms. The van der Waals surface area contributed by atoms with Crippen molar-refractivity contribution in [3.05, 3.63) is 29.5 Å². The lowest BCUT2D eigenvalue weighted by Crippen LogP contribution is -1.95. The highest BCUT2D eigenvalue weighted by atomic mass is 15.2. The van der Waals surface area contributed by atoms with Gasteiger partial charge in [-0.1, -0.05) is 32.9 Å². The fraction of sp³-hybridized carbons (Fsp3) is 0.462. The first kappa shape index (κ1) is 11.8. The second-order valence-corrected chi connectivity index (χ2v) is 3.42. The molecule has 0 amide bonds. The minimum atomic E-state index is 1.07. The van der Waals surface area contributed by atoms with Crippen LogP contribution < -0.4 is 0 Å². The number of rotatable bonds is 1. The molecule has 0 spiro atoms. The Kier molecular flexibility index (Phi) is 3.89. The minimum absolute atomic E-state index is 1.07. The van der Waals surface area contributed by atoms with Crippen LogP contribution in [0, 0.1) is 6.92 Å². The molecule has 1 aromatic heterocycles. The van der Waals surface area contributed by atoms with Crippen molar-refractivity contribution in [2.75, 3.05) is 0 Å². The van der Waals surface area contributed by atoms with Crippen LogP contribution >= 0.6 is 0 Å². The van der Waals surface area contributed by atoms with Gasteiger partial charge in [0, 0.05) is 12.4 Å². The Balaban J connectivity index is 0.000000531. The molecular weight excluding hydrogens is 184 g/mol. The summed E-state index contributed by atoms with van der Waals surface area (Å²) in [5.74, 6) is 0. The number of aromatic nitrogens is 2. The lowest BCUT2D eigenvalue weighted by molar-refractivity contribution is 0.791. The second-order valence-electron chi connectivity index (χ2n) is 3.42. The second kappa shape index (κ2) is 4.96. The maximum absolute atomic E-state index is 4.26. The van der Waals surface area contributed by atoms with Crippen molar-refractivity contribution >= 4 is 10.9 Å². The lowest BCUT2D eigenvalue weighted by atomic mass is 10.0. The van der Waals surface area contributed by atoms with Crippen LogP contribution in [0.15, 0.2) is 18.3 Å². The topological polar surface area (TPSA) is 17.8 Å². The fourth-order valence-corrected chi connectivity index (χ4v) is 1.89. The summed E-state index contributed by atoms with van der Waals surface area (Å²) in [6.45, 7) is 8.35. The van der Waals surface area contributed by atoms with Crippen LogP contribution in [0.5, 0.6) is 0 Å². The molecule has 0 aliphatic carbocycles. The van der Waals surface area contributed by atoms with E-state index >= 15 is 0 Å². The van der Waals surface area contributed by atoms with Gasteiger partial charge in [-0.05, 0) is 24.5 Å². The summed E-state index contributed by atoms with van der Waals surface area (Å²) in [5, 5.41) is 5.50. The first-order valence-corrected chi connectivity index (χ1v) is 5.64. The Morgan fingerprint density at radius 3 is 2.53 bits per heavy atom. The third kappa shape index (κ3) is 2.04. The van der Waals surface area contributed by atoms with Crippen molar-refractivity contribution in [3.63, 3.8) is 0 Å². The molecule has 1 heterocycles. The molecule has 0 atom stereocenters. The van der Waals surface area contributed by atoms with Crippen molar-refractivity contribution in [2.45, 2.75) is 34.1 Å². The SMILES string of the molecule is CC.CCc1c(C)ccc2cnn(C)c12. The number of nitrogens with zero attached hydrogens (tertiary/aromatic N) is 2. The standard InChI is InChI=1S/C11H14N2.C2H6/c1-4-10-8(2)5-6-9-7-12-13(3)11(9)10;1-2/h5-7H,4H2,1-3H3;1-2H3. The molecule has 1 aromatic carbocycles. The molecule has 2 heteroatoms. The number of aryl methyl sites for hydroxylation is 3. The Morgan fingerprint density at radius 1 is 1.27 bits per heavy atom. The third-order valence-electron chi connectivity index (χ3n) is 2.60. The molecule has 2 nitrogen and oxygen atoms in total. The average Bonchev–Trinajstić information content (AvgIpc) is 2.64. The van der Waals surface area contributed by atoms with Crippen LogP contribution in [0.2, 0.25) is 0 Å². The summed E-state index contributed by atoms with van der Waals surface area (Å²) in [6.07, 6.45) is 3.00. The third-order valence-corrected chi connectivity index (χ3v) is 2.60. The van der Waals surface area contributed by atoms with Gasteiger partial charge in [-0.25, -0.2) is 0 Å². The van der Waals surface area contributed by atoms with Crippen molar-refractivity contribution in [2.24, 2.45) is 7.05 Å². The molecular formula is C13H20N2. The summed E-state index contributed by atoms with van der Waals surface area (Å²) in [4.78, 5) is 0. The predicted octanol–water partition coefficient (Wildman–Crippen LogP) is 3.47. The molecule has 0 N–H and O–H groups in total. The normalized spacial score (nSPS) is 9.93.